The first kappa shape index (κ1) is 13.3. The minimum atomic E-state index is -0.421. The number of hydrogen-bond donors (Lipinski definition) is 2. The van der Waals surface area contributed by atoms with Crippen molar-refractivity contribution in [2.45, 2.75) is 6.54 Å². The molecule has 3 rings (SSSR count). The van der Waals surface area contributed by atoms with E-state index in [4.69, 9.17) is 4.84 Å². The lowest BCUT2D eigenvalue weighted by Crippen LogP contribution is -2.29. The lowest BCUT2D eigenvalue weighted by atomic mass is 10.2. The fourth-order valence-electron chi connectivity index (χ4n) is 2.37. The van der Waals surface area contributed by atoms with Gasteiger partial charge < -0.3 is 0 Å². The molecule has 0 fully saturated rings. The molecule has 0 saturated carbocycles. The van der Waals surface area contributed by atoms with Crippen molar-refractivity contribution in [3.05, 3.63) is 52.7 Å². The summed E-state index contributed by atoms with van der Waals surface area (Å²) in [6, 6.07) is 10.1. The van der Waals surface area contributed by atoms with E-state index in [2.05, 4.69) is 15.4 Å². The van der Waals surface area contributed by atoms with Gasteiger partial charge in [-0.15, -0.1) is 0 Å². The molecule has 0 aliphatic heterocycles. The third-order valence-electron chi connectivity index (χ3n) is 3.22. The number of hydrogen-bond acceptors (Lipinski definition) is 4. The maximum atomic E-state index is 11.6. The summed E-state index contributed by atoms with van der Waals surface area (Å²) in [4.78, 5) is 23.2. The summed E-state index contributed by atoms with van der Waals surface area (Å²) in [6.07, 6.45) is 1.90. The second-order valence-electron chi connectivity index (χ2n) is 4.74. The van der Waals surface area contributed by atoms with Gasteiger partial charge in [0.1, 0.15) is 0 Å². The Bertz CT molecular complexity index is 822. The van der Waals surface area contributed by atoms with E-state index in [-0.39, 0.29) is 0 Å². The van der Waals surface area contributed by atoms with Crippen molar-refractivity contribution in [3.8, 4) is 0 Å². The van der Waals surface area contributed by atoms with Crippen LogP contribution in [0.1, 0.15) is 5.56 Å². The Balaban J connectivity index is 2.16. The minimum Gasteiger partial charge on any atom is -0.278 e. The third kappa shape index (κ3) is 2.50. The van der Waals surface area contributed by atoms with Crippen molar-refractivity contribution in [1.82, 2.24) is 14.5 Å². The molecule has 0 radical (unpaired) electrons. The Labute approximate surface area is 120 Å². The number of imidazole rings is 1. The lowest BCUT2D eigenvalue weighted by Gasteiger charge is -2.04. The van der Waals surface area contributed by atoms with Crippen LogP contribution in [-0.4, -0.2) is 21.6 Å². The summed E-state index contributed by atoms with van der Waals surface area (Å²) < 4.78 is 3.82. The SMILES string of the molecule is CONc1[nH]c(=O)nc2c1n(Cc1ccccc1)c[n+]2C. The molecule has 0 spiro atoms. The predicted octanol–water partition coefficient (Wildman–Crippen LogP) is 0.571. The van der Waals surface area contributed by atoms with Crippen molar-refractivity contribution in [1.29, 1.82) is 0 Å². The van der Waals surface area contributed by atoms with E-state index in [0.717, 1.165) is 11.1 Å². The fraction of sp³-hybridized carbons (Fsp3) is 0.214. The fourth-order valence-corrected chi connectivity index (χ4v) is 2.37. The second-order valence-corrected chi connectivity index (χ2v) is 4.74. The van der Waals surface area contributed by atoms with E-state index < -0.39 is 5.69 Å². The van der Waals surface area contributed by atoms with Crippen molar-refractivity contribution in [2.24, 2.45) is 7.05 Å². The highest BCUT2D eigenvalue weighted by atomic mass is 16.6. The van der Waals surface area contributed by atoms with Crippen LogP contribution >= 0.6 is 0 Å². The van der Waals surface area contributed by atoms with Gasteiger partial charge in [-0.1, -0.05) is 30.3 Å². The van der Waals surface area contributed by atoms with Crippen LogP contribution in [0, 0.1) is 0 Å². The quantitative estimate of drug-likeness (QED) is 0.543. The highest BCUT2D eigenvalue weighted by Crippen LogP contribution is 2.17. The predicted molar refractivity (Wildman–Crippen MR) is 77.7 cm³/mol. The molecule has 0 unspecified atom stereocenters. The largest absolute Gasteiger partial charge is 0.419 e. The molecule has 2 heterocycles. The molecule has 3 aromatic rings. The zero-order valence-electron chi connectivity index (χ0n) is 11.8. The molecule has 7 nitrogen and oxygen atoms in total. The Morgan fingerprint density at radius 2 is 2.14 bits per heavy atom. The Hall–Kier alpha value is -2.67. The van der Waals surface area contributed by atoms with Crippen molar-refractivity contribution >= 4 is 17.0 Å². The zero-order valence-corrected chi connectivity index (χ0v) is 11.8. The number of aromatic nitrogens is 4. The summed E-state index contributed by atoms with van der Waals surface area (Å²) in [6.45, 7) is 0.671. The number of rotatable bonds is 4. The van der Waals surface area contributed by atoms with Gasteiger partial charge >= 0.3 is 11.3 Å². The number of H-pyrrole nitrogens is 1. The average Bonchev–Trinajstić information content (AvgIpc) is 2.77. The van der Waals surface area contributed by atoms with Crippen LogP contribution in [0.5, 0.6) is 0 Å². The Morgan fingerprint density at radius 3 is 2.86 bits per heavy atom. The van der Waals surface area contributed by atoms with Crippen LogP contribution in [0.15, 0.2) is 41.5 Å². The maximum Gasteiger partial charge on any atom is 0.419 e. The second kappa shape index (κ2) is 5.37. The van der Waals surface area contributed by atoms with Gasteiger partial charge in [0, 0.05) is 0 Å². The highest BCUT2D eigenvalue weighted by Gasteiger charge is 2.20. The van der Waals surface area contributed by atoms with Crippen molar-refractivity contribution in [2.75, 3.05) is 12.6 Å². The number of aromatic amines is 1. The van der Waals surface area contributed by atoms with E-state index >= 15 is 0 Å². The van der Waals surface area contributed by atoms with E-state index in [1.807, 2.05) is 52.8 Å². The summed E-state index contributed by atoms with van der Waals surface area (Å²) in [7, 11) is 3.35. The summed E-state index contributed by atoms with van der Waals surface area (Å²) in [5, 5.41) is 0. The molecule has 1 aromatic carbocycles. The summed E-state index contributed by atoms with van der Waals surface area (Å²) in [5.41, 5.74) is 4.81. The normalized spacial score (nSPS) is 11.0. The first-order valence-electron chi connectivity index (χ1n) is 6.50. The molecule has 7 heteroatoms. The van der Waals surface area contributed by atoms with Gasteiger partial charge in [-0.3, -0.25) is 14.4 Å². The number of fused-ring (bicyclic) bond motifs is 1. The molecule has 108 valence electrons. The van der Waals surface area contributed by atoms with Gasteiger partial charge in [-0.2, -0.15) is 0 Å². The number of nitrogens with zero attached hydrogens (tertiary/aromatic N) is 3. The average molecular weight is 286 g/mol. The van der Waals surface area contributed by atoms with E-state index in [1.54, 1.807) is 0 Å². The number of nitrogens with one attached hydrogen (secondary N) is 2. The van der Waals surface area contributed by atoms with Crippen molar-refractivity contribution < 1.29 is 9.40 Å². The molecule has 0 saturated heterocycles. The molecular weight excluding hydrogens is 270 g/mol. The first-order valence-corrected chi connectivity index (χ1v) is 6.50. The van der Waals surface area contributed by atoms with E-state index in [0.29, 0.717) is 18.0 Å². The molecule has 0 atom stereocenters. The van der Waals surface area contributed by atoms with Crippen LogP contribution in [0.2, 0.25) is 0 Å². The molecule has 21 heavy (non-hydrogen) atoms. The smallest absolute Gasteiger partial charge is 0.278 e. The van der Waals surface area contributed by atoms with Crippen LogP contribution in [0.3, 0.4) is 0 Å². The van der Waals surface area contributed by atoms with Gasteiger partial charge in [-0.05, 0) is 10.5 Å². The monoisotopic (exact) mass is 286 g/mol. The molecule has 0 aliphatic rings. The third-order valence-corrected chi connectivity index (χ3v) is 3.22. The molecule has 2 aromatic heterocycles. The maximum absolute atomic E-state index is 11.6. The van der Waals surface area contributed by atoms with E-state index in [9.17, 15) is 4.79 Å². The molecule has 0 bridgehead atoms. The molecule has 0 aliphatic carbocycles. The Morgan fingerprint density at radius 1 is 1.38 bits per heavy atom. The van der Waals surface area contributed by atoms with Gasteiger partial charge in [0.15, 0.2) is 12.1 Å². The van der Waals surface area contributed by atoms with Crippen LogP contribution in [0.25, 0.3) is 11.2 Å². The lowest BCUT2D eigenvalue weighted by molar-refractivity contribution is -0.647. The van der Waals surface area contributed by atoms with E-state index in [1.165, 1.54) is 7.11 Å². The molecule has 0 amide bonds. The summed E-state index contributed by atoms with van der Waals surface area (Å²) in [5.74, 6) is 0.490. The number of benzene rings is 1. The zero-order chi connectivity index (χ0) is 14.8. The van der Waals surface area contributed by atoms with Gasteiger partial charge in [-0.25, -0.2) is 14.8 Å². The minimum absolute atomic E-state index is 0.421. The Kier molecular flexibility index (Phi) is 3.41. The number of anilines is 1. The van der Waals surface area contributed by atoms with Gasteiger partial charge in [0.2, 0.25) is 5.52 Å². The molecular formula is C14H16N5O2+. The standard InChI is InChI=1S/C14H15N5O2/c1-18-9-19(8-10-6-4-3-5-7-10)11-12(17-21-2)15-14(20)16-13(11)18/h3-7,9H,8H2,1-2H3,(H-,15,16,17,20)/p+1. The highest BCUT2D eigenvalue weighted by molar-refractivity contribution is 5.80. The van der Waals surface area contributed by atoms with Gasteiger partial charge in [0.25, 0.3) is 0 Å². The summed E-state index contributed by atoms with van der Waals surface area (Å²) >= 11 is 0. The molecule has 2 N–H and O–H groups in total. The van der Waals surface area contributed by atoms with Gasteiger partial charge in [0.05, 0.1) is 20.7 Å². The topological polar surface area (TPSA) is 75.8 Å². The number of aryl methyl sites for hydroxylation is 1. The van der Waals surface area contributed by atoms with Crippen molar-refractivity contribution in [3.63, 3.8) is 0 Å². The van der Waals surface area contributed by atoms with Crippen LogP contribution in [0.4, 0.5) is 5.82 Å². The van der Waals surface area contributed by atoms with Crippen LogP contribution in [-0.2, 0) is 18.4 Å². The first-order chi connectivity index (χ1) is 10.2. The van der Waals surface area contributed by atoms with Crippen LogP contribution < -0.4 is 15.7 Å².